The second kappa shape index (κ2) is 7.22. The van der Waals surface area contributed by atoms with Crippen molar-refractivity contribution in [2.24, 2.45) is 17.8 Å². The number of nitrogens with one attached hydrogen (secondary N) is 1. The van der Waals surface area contributed by atoms with Crippen LogP contribution in [-0.2, 0) is 4.79 Å². The molecular formula is C22H28N4O2. The zero-order valence-electron chi connectivity index (χ0n) is 16.3. The van der Waals surface area contributed by atoms with Gasteiger partial charge in [-0.1, -0.05) is 24.6 Å². The van der Waals surface area contributed by atoms with Crippen LogP contribution in [-0.4, -0.2) is 28.9 Å². The molecule has 1 aliphatic heterocycles. The van der Waals surface area contributed by atoms with Crippen molar-refractivity contribution >= 4 is 22.5 Å². The zero-order valence-corrected chi connectivity index (χ0v) is 16.3. The van der Waals surface area contributed by atoms with E-state index in [9.17, 15) is 9.59 Å². The Morgan fingerprint density at radius 2 is 1.86 bits per heavy atom. The maximum Gasteiger partial charge on any atom is 0.294 e. The lowest BCUT2D eigenvalue weighted by Gasteiger charge is -2.29. The molecule has 1 aromatic heterocycles. The van der Waals surface area contributed by atoms with Crippen LogP contribution in [0.5, 0.6) is 0 Å². The molecule has 6 nitrogen and oxygen atoms in total. The topological polar surface area (TPSA) is 67.2 Å². The third kappa shape index (κ3) is 3.19. The van der Waals surface area contributed by atoms with E-state index in [2.05, 4.69) is 15.4 Å². The fourth-order valence-electron chi connectivity index (χ4n) is 5.62. The van der Waals surface area contributed by atoms with Gasteiger partial charge in [0.2, 0.25) is 5.91 Å². The molecule has 3 atom stereocenters. The highest BCUT2D eigenvalue weighted by Crippen LogP contribution is 2.49. The van der Waals surface area contributed by atoms with E-state index in [-0.39, 0.29) is 11.5 Å². The number of rotatable bonds is 4. The maximum atomic E-state index is 12.9. The van der Waals surface area contributed by atoms with Gasteiger partial charge in [0.15, 0.2) is 5.82 Å². The number of carbonyl (C=O) groups is 1. The van der Waals surface area contributed by atoms with Gasteiger partial charge in [-0.2, -0.15) is 0 Å². The van der Waals surface area contributed by atoms with Gasteiger partial charge in [-0.3, -0.25) is 9.59 Å². The standard InChI is InChI=1S/C22H28N4O2/c27-20(14-17-13-15-8-9-16(17)12-15)23-26-22(28)19-7-3-2-6-18(19)21(24-26)25-10-4-1-5-11-25/h2-3,6-7,15-17H,1,4-5,8-14H2,(H,23,27)/t15-,16+,17-/m1/s1. The average Bonchev–Trinajstić information content (AvgIpc) is 3.34. The number of carbonyl (C=O) groups excluding carboxylic acids is 1. The monoisotopic (exact) mass is 380 g/mol. The number of anilines is 1. The highest BCUT2D eigenvalue weighted by Gasteiger charge is 2.40. The van der Waals surface area contributed by atoms with Gasteiger partial charge in [0.05, 0.1) is 5.39 Å². The van der Waals surface area contributed by atoms with Crippen molar-refractivity contribution in [2.45, 2.75) is 51.4 Å². The number of amides is 1. The Balaban J connectivity index is 1.42. The van der Waals surface area contributed by atoms with Crippen molar-refractivity contribution in [1.29, 1.82) is 0 Å². The number of fused-ring (bicyclic) bond motifs is 3. The van der Waals surface area contributed by atoms with E-state index < -0.39 is 0 Å². The third-order valence-corrected chi connectivity index (χ3v) is 7.00. The molecule has 5 rings (SSSR count). The summed E-state index contributed by atoms with van der Waals surface area (Å²) in [7, 11) is 0. The molecule has 1 saturated heterocycles. The quantitative estimate of drug-likeness (QED) is 0.884. The largest absolute Gasteiger partial charge is 0.355 e. The summed E-state index contributed by atoms with van der Waals surface area (Å²) in [4.78, 5) is 29.0. The van der Waals surface area contributed by atoms with Crippen LogP contribution in [0.3, 0.4) is 0 Å². The Kier molecular flexibility index (Phi) is 4.57. The van der Waals surface area contributed by atoms with Crippen molar-refractivity contribution in [3.05, 3.63) is 34.6 Å². The molecule has 0 radical (unpaired) electrons. The fourth-order valence-corrected chi connectivity index (χ4v) is 5.62. The highest BCUT2D eigenvalue weighted by molar-refractivity contribution is 5.92. The molecule has 148 valence electrons. The van der Waals surface area contributed by atoms with Crippen LogP contribution in [0.25, 0.3) is 10.8 Å². The summed E-state index contributed by atoms with van der Waals surface area (Å²) < 4.78 is 0. The first-order valence-corrected chi connectivity index (χ1v) is 10.8. The van der Waals surface area contributed by atoms with E-state index >= 15 is 0 Å². The van der Waals surface area contributed by atoms with Gasteiger partial charge in [-0.25, -0.2) is 5.43 Å². The lowest BCUT2D eigenvalue weighted by molar-refractivity contribution is -0.118. The molecule has 6 heteroatoms. The molecule has 0 unspecified atom stereocenters. The molecule has 3 fully saturated rings. The molecule has 1 N–H and O–H groups in total. The number of aromatic nitrogens is 2. The lowest BCUT2D eigenvalue weighted by Crippen LogP contribution is -2.39. The molecule has 2 heterocycles. The molecule has 1 amide bonds. The number of hydrogen-bond donors (Lipinski definition) is 1. The number of benzene rings is 1. The van der Waals surface area contributed by atoms with Crippen molar-refractivity contribution in [2.75, 3.05) is 23.4 Å². The molecule has 2 bridgehead atoms. The molecule has 2 saturated carbocycles. The van der Waals surface area contributed by atoms with Gasteiger partial charge in [-0.15, -0.1) is 9.89 Å². The van der Waals surface area contributed by atoms with E-state index in [1.54, 1.807) is 0 Å². The highest BCUT2D eigenvalue weighted by atomic mass is 16.2. The Labute approximate surface area is 164 Å². The van der Waals surface area contributed by atoms with Crippen molar-refractivity contribution < 1.29 is 4.79 Å². The van der Waals surface area contributed by atoms with E-state index in [4.69, 9.17) is 0 Å². The van der Waals surface area contributed by atoms with Gasteiger partial charge in [-0.05, 0) is 62.3 Å². The summed E-state index contributed by atoms with van der Waals surface area (Å²) >= 11 is 0. The Morgan fingerprint density at radius 3 is 2.57 bits per heavy atom. The predicted octanol–water partition coefficient (Wildman–Crippen LogP) is 3.28. The first kappa shape index (κ1) is 17.7. The average molecular weight is 380 g/mol. The van der Waals surface area contributed by atoms with Gasteiger partial charge in [0.25, 0.3) is 5.56 Å². The summed E-state index contributed by atoms with van der Waals surface area (Å²) in [5.41, 5.74) is 2.54. The van der Waals surface area contributed by atoms with Crippen LogP contribution in [0, 0.1) is 17.8 Å². The van der Waals surface area contributed by atoms with E-state index in [1.807, 2.05) is 24.3 Å². The summed E-state index contributed by atoms with van der Waals surface area (Å²) in [5.74, 6) is 2.69. The van der Waals surface area contributed by atoms with Gasteiger partial charge in [0, 0.05) is 24.9 Å². The van der Waals surface area contributed by atoms with Crippen LogP contribution in [0.1, 0.15) is 51.4 Å². The van der Waals surface area contributed by atoms with Crippen molar-refractivity contribution in [3.8, 4) is 0 Å². The number of nitrogens with zero attached hydrogens (tertiary/aromatic N) is 3. The third-order valence-electron chi connectivity index (χ3n) is 7.00. The van der Waals surface area contributed by atoms with E-state index in [1.165, 1.54) is 30.5 Å². The van der Waals surface area contributed by atoms with Crippen LogP contribution in [0.15, 0.2) is 29.1 Å². The SMILES string of the molecule is O=C(C[C@H]1C[C@@H]2CC[C@H]1C2)Nn1nc(N2CCCCC2)c2ccccc2c1=O. The zero-order chi connectivity index (χ0) is 19.1. The van der Waals surface area contributed by atoms with Crippen LogP contribution < -0.4 is 15.9 Å². The summed E-state index contributed by atoms with van der Waals surface area (Å²) in [6.07, 6.45) is 9.03. The Hall–Kier alpha value is -2.37. The Morgan fingerprint density at radius 1 is 1.07 bits per heavy atom. The van der Waals surface area contributed by atoms with Crippen LogP contribution in [0.2, 0.25) is 0 Å². The minimum atomic E-state index is -0.252. The molecule has 1 aromatic carbocycles. The lowest BCUT2D eigenvalue weighted by atomic mass is 9.86. The smallest absolute Gasteiger partial charge is 0.294 e. The van der Waals surface area contributed by atoms with E-state index in [0.29, 0.717) is 23.6 Å². The van der Waals surface area contributed by atoms with Gasteiger partial charge >= 0.3 is 0 Å². The molecular weight excluding hydrogens is 352 g/mol. The molecule has 0 spiro atoms. The van der Waals surface area contributed by atoms with E-state index in [0.717, 1.165) is 49.5 Å². The van der Waals surface area contributed by atoms with Crippen LogP contribution >= 0.6 is 0 Å². The minimum absolute atomic E-state index is 0.0907. The predicted molar refractivity (Wildman–Crippen MR) is 110 cm³/mol. The second-order valence-corrected chi connectivity index (χ2v) is 8.81. The molecule has 2 aliphatic carbocycles. The number of piperidine rings is 1. The van der Waals surface area contributed by atoms with Gasteiger partial charge < -0.3 is 4.90 Å². The van der Waals surface area contributed by atoms with Crippen molar-refractivity contribution in [3.63, 3.8) is 0 Å². The fraction of sp³-hybridized carbons (Fsp3) is 0.591. The Bertz CT molecular complexity index is 947. The first-order chi connectivity index (χ1) is 13.7. The first-order valence-electron chi connectivity index (χ1n) is 10.8. The summed E-state index contributed by atoms with van der Waals surface area (Å²) in [6.45, 7) is 1.88. The molecule has 28 heavy (non-hydrogen) atoms. The minimum Gasteiger partial charge on any atom is -0.355 e. The summed E-state index contributed by atoms with van der Waals surface area (Å²) in [5, 5.41) is 6.06. The van der Waals surface area contributed by atoms with Crippen LogP contribution in [0.4, 0.5) is 5.82 Å². The molecule has 3 aliphatic rings. The normalized spacial score (nSPS) is 26.7. The second-order valence-electron chi connectivity index (χ2n) is 8.81. The molecule has 2 aromatic rings. The van der Waals surface area contributed by atoms with Gasteiger partial charge in [0.1, 0.15) is 0 Å². The summed E-state index contributed by atoms with van der Waals surface area (Å²) in [6, 6.07) is 7.58. The number of hydrogen-bond acceptors (Lipinski definition) is 4. The van der Waals surface area contributed by atoms with Crippen molar-refractivity contribution in [1.82, 2.24) is 9.89 Å². The maximum absolute atomic E-state index is 12.9.